The number of benzene rings is 2. The number of carbonyl (C=O) groups excluding carboxylic acids is 1. The quantitative estimate of drug-likeness (QED) is 0.478. The summed E-state index contributed by atoms with van der Waals surface area (Å²) >= 11 is 0. The summed E-state index contributed by atoms with van der Waals surface area (Å²) in [6.45, 7) is 0. The minimum Gasteiger partial charge on any atom is -0.336 e. The number of nitrogens with one attached hydrogen (secondary N) is 2. The fourth-order valence-electron chi connectivity index (χ4n) is 3.20. The van der Waals surface area contributed by atoms with E-state index in [4.69, 9.17) is 0 Å². The highest BCUT2D eigenvalue weighted by Gasteiger charge is 2.15. The van der Waals surface area contributed by atoms with Gasteiger partial charge in [0.05, 0.1) is 16.6 Å². The number of hydrogen-bond donors (Lipinski definition) is 2. The predicted molar refractivity (Wildman–Crippen MR) is 109 cm³/mol. The summed E-state index contributed by atoms with van der Waals surface area (Å²) in [6.07, 6.45) is 3.27. The van der Waals surface area contributed by atoms with Crippen molar-refractivity contribution < 1.29 is 9.18 Å². The molecular weight excluding hydrogens is 369 g/mol. The molecule has 7 heteroatoms. The standard InChI is InChI=1S/C22H14FN5O/c23-15-5-3-13(4-6-15)20-27-19-17(9-11-25-21(19)28-20)22(29)26-16-7-8-18-14(12-16)2-1-10-24-18/h1-12H,(H,26,29)(H,25,27,28). The zero-order valence-electron chi connectivity index (χ0n) is 15.1. The zero-order valence-corrected chi connectivity index (χ0v) is 15.1. The highest BCUT2D eigenvalue weighted by molar-refractivity contribution is 6.11. The maximum Gasteiger partial charge on any atom is 0.257 e. The number of pyridine rings is 2. The summed E-state index contributed by atoms with van der Waals surface area (Å²) in [7, 11) is 0. The van der Waals surface area contributed by atoms with Crippen LogP contribution in [0.5, 0.6) is 0 Å². The van der Waals surface area contributed by atoms with Crippen LogP contribution in [0.2, 0.25) is 0 Å². The van der Waals surface area contributed by atoms with Gasteiger partial charge in [0.25, 0.3) is 5.91 Å². The van der Waals surface area contributed by atoms with Gasteiger partial charge in [-0.25, -0.2) is 14.4 Å². The van der Waals surface area contributed by atoms with E-state index in [-0.39, 0.29) is 11.7 Å². The number of carbonyl (C=O) groups is 1. The van der Waals surface area contributed by atoms with Gasteiger partial charge in [0, 0.05) is 29.0 Å². The molecule has 0 aliphatic heterocycles. The normalized spacial score (nSPS) is 11.1. The number of imidazole rings is 1. The Balaban J connectivity index is 1.50. The molecule has 6 nitrogen and oxygen atoms in total. The molecule has 2 aromatic carbocycles. The fraction of sp³-hybridized carbons (Fsp3) is 0. The van der Waals surface area contributed by atoms with Crippen LogP contribution in [-0.2, 0) is 0 Å². The predicted octanol–water partition coefficient (Wildman–Crippen LogP) is 4.56. The van der Waals surface area contributed by atoms with Crippen molar-refractivity contribution in [3.8, 4) is 11.4 Å². The molecule has 2 N–H and O–H groups in total. The molecule has 5 aromatic rings. The van der Waals surface area contributed by atoms with Crippen molar-refractivity contribution >= 4 is 33.7 Å². The van der Waals surface area contributed by atoms with Crippen molar-refractivity contribution in [2.45, 2.75) is 0 Å². The van der Waals surface area contributed by atoms with Crippen LogP contribution in [0, 0.1) is 5.82 Å². The summed E-state index contributed by atoms with van der Waals surface area (Å²) in [5, 5.41) is 3.84. The molecule has 29 heavy (non-hydrogen) atoms. The Hall–Kier alpha value is -4.13. The number of rotatable bonds is 3. The van der Waals surface area contributed by atoms with Gasteiger partial charge in [-0.05, 0) is 54.6 Å². The number of aromatic nitrogens is 4. The van der Waals surface area contributed by atoms with E-state index in [9.17, 15) is 9.18 Å². The van der Waals surface area contributed by atoms with E-state index in [2.05, 4.69) is 25.3 Å². The number of fused-ring (bicyclic) bond motifs is 2. The van der Waals surface area contributed by atoms with Crippen molar-refractivity contribution in [3.05, 3.63) is 84.4 Å². The van der Waals surface area contributed by atoms with Gasteiger partial charge >= 0.3 is 0 Å². The third kappa shape index (κ3) is 3.19. The molecule has 5 rings (SSSR count). The number of aromatic amines is 1. The van der Waals surface area contributed by atoms with Gasteiger partial charge in [0.15, 0.2) is 5.65 Å². The van der Waals surface area contributed by atoms with Crippen molar-refractivity contribution in [1.29, 1.82) is 0 Å². The lowest BCUT2D eigenvalue weighted by molar-refractivity contribution is 0.102. The Bertz CT molecular complexity index is 1360. The van der Waals surface area contributed by atoms with Gasteiger partial charge in [0.1, 0.15) is 11.6 Å². The first kappa shape index (κ1) is 17.0. The first-order valence-electron chi connectivity index (χ1n) is 8.94. The first-order chi connectivity index (χ1) is 14.2. The van der Waals surface area contributed by atoms with Gasteiger partial charge < -0.3 is 10.3 Å². The highest BCUT2D eigenvalue weighted by atomic mass is 19.1. The molecule has 0 aliphatic rings. The van der Waals surface area contributed by atoms with Crippen LogP contribution >= 0.6 is 0 Å². The molecule has 140 valence electrons. The minimum absolute atomic E-state index is 0.282. The molecule has 0 saturated heterocycles. The minimum atomic E-state index is -0.325. The van der Waals surface area contributed by atoms with E-state index >= 15 is 0 Å². The second-order valence-corrected chi connectivity index (χ2v) is 6.51. The number of H-pyrrole nitrogens is 1. The van der Waals surface area contributed by atoms with Crippen LogP contribution in [0.25, 0.3) is 33.5 Å². The molecule has 0 spiro atoms. The Morgan fingerprint density at radius 1 is 0.966 bits per heavy atom. The van der Waals surface area contributed by atoms with E-state index in [0.717, 1.165) is 10.9 Å². The van der Waals surface area contributed by atoms with E-state index in [1.54, 1.807) is 24.4 Å². The van der Waals surface area contributed by atoms with E-state index in [1.165, 1.54) is 18.3 Å². The largest absolute Gasteiger partial charge is 0.336 e. The monoisotopic (exact) mass is 383 g/mol. The summed E-state index contributed by atoms with van der Waals surface area (Å²) < 4.78 is 13.2. The van der Waals surface area contributed by atoms with E-state index < -0.39 is 0 Å². The lowest BCUT2D eigenvalue weighted by Gasteiger charge is -2.07. The van der Waals surface area contributed by atoms with Crippen LogP contribution in [0.3, 0.4) is 0 Å². The summed E-state index contributed by atoms with van der Waals surface area (Å²) in [4.78, 5) is 29.0. The number of anilines is 1. The third-order valence-corrected chi connectivity index (χ3v) is 4.62. The molecule has 0 radical (unpaired) electrons. The van der Waals surface area contributed by atoms with Crippen molar-refractivity contribution in [3.63, 3.8) is 0 Å². The number of nitrogens with zero attached hydrogens (tertiary/aromatic N) is 3. The Morgan fingerprint density at radius 2 is 1.83 bits per heavy atom. The van der Waals surface area contributed by atoms with Gasteiger partial charge in [-0.15, -0.1) is 0 Å². The second-order valence-electron chi connectivity index (χ2n) is 6.51. The summed E-state index contributed by atoms with van der Waals surface area (Å²) in [5.74, 6) is -0.0897. The molecule has 0 aliphatic carbocycles. The maximum atomic E-state index is 13.2. The third-order valence-electron chi connectivity index (χ3n) is 4.62. The Labute approximate surface area is 164 Å². The van der Waals surface area contributed by atoms with Gasteiger partial charge in [-0.3, -0.25) is 9.78 Å². The van der Waals surface area contributed by atoms with Gasteiger partial charge in [-0.1, -0.05) is 6.07 Å². The second kappa shape index (κ2) is 6.79. The Morgan fingerprint density at radius 3 is 2.69 bits per heavy atom. The first-order valence-corrected chi connectivity index (χ1v) is 8.94. The summed E-state index contributed by atoms with van der Waals surface area (Å²) in [6, 6.07) is 16.9. The molecular formula is C22H14FN5O. The van der Waals surface area contributed by atoms with Crippen molar-refractivity contribution in [1.82, 2.24) is 19.9 Å². The van der Waals surface area contributed by atoms with Gasteiger partial charge in [-0.2, -0.15) is 0 Å². The van der Waals surface area contributed by atoms with Crippen LogP contribution in [-0.4, -0.2) is 25.8 Å². The lowest BCUT2D eigenvalue weighted by atomic mass is 10.2. The van der Waals surface area contributed by atoms with Crippen LogP contribution in [0.4, 0.5) is 10.1 Å². The van der Waals surface area contributed by atoms with Crippen molar-refractivity contribution in [2.75, 3.05) is 5.32 Å². The topological polar surface area (TPSA) is 83.6 Å². The van der Waals surface area contributed by atoms with Crippen LogP contribution in [0.15, 0.2) is 73.1 Å². The summed E-state index contributed by atoms with van der Waals surface area (Å²) in [5.41, 5.74) is 3.58. The number of hydrogen-bond acceptors (Lipinski definition) is 4. The van der Waals surface area contributed by atoms with Crippen LogP contribution < -0.4 is 5.32 Å². The molecule has 1 amide bonds. The molecule has 3 heterocycles. The average Bonchev–Trinajstić information content (AvgIpc) is 3.18. The van der Waals surface area contributed by atoms with E-state index in [1.807, 2.05) is 30.3 Å². The number of halogens is 1. The average molecular weight is 383 g/mol. The Kier molecular flexibility index (Phi) is 3.98. The zero-order chi connectivity index (χ0) is 19.8. The molecule has 0 unspecified atom stereocenters. The smallest absolute Gasteiger partial charge is 0.257 e. The highest BCUT2D eigenvalue weighted by Crippen LogP contribution is 2.23. The number of amides is 1. The molecule has 0 fully saturated rings. The van der Waals surface area contributed by atoms with Gasteiger partial charge in [0.2, 0.25) is 0 Å². The van der Waals surface area contributed by atoms with E-state index in [0.29, 0.717) is 33.8 Å². The SMILES string of the molecule is O=C(Nc1ccc2ncccc2c1)c1ccnc2nc(-c3ccc(F)cc3)[nH]c12. The maximum absolute atomic E-state index is 13.2. The van der Waals surface area contributed by atoms with Crippen LogP contribution in [0.1, 0.15) is 10.4 Å². The molecule has 3 aromatic heterocycles. The lowest BCUT2D eigenvalue weighted by Crippen LogP contribution is -2.12. The fourth-order valence-corrected chi connectivity index (χ4v) is 3.20. The van der Waals surface area contributed by atoms with Crippen molar-refractivity contribution in [2.24, 2.45) is 0 Å². The molecule has 0 bridgehead atoms. The molecule has 0 saturated carbocycles. The molecule has 0 atom stereocenters.